The molecule has 1 aliphatic carbocycles. The van der Waals surface area contributed by atoms with E-state index in [-0.39, 0.29) is 17.8 Å². The number of aryl methyl sites for hydroxylation is 2. The van der Waals surface area contributed by atoms with Crippen molar-refractivity contribution in [3.63, 3.8) is 0 Å². The molecule has 0 spiro atoms. The highest BCUT2D eigenvalue weighted by molar-refractivity contribution is 5.76. The Labute approximate surface area is 135 Å². The molecule has 5 heteroatoms. The molecule has 1 aromatic carbocycles. The Bertz CT molecular complexity index is 710. The maximum atomic E-state index is 14.0. The summed E-state index contributed by atoms with van der Waals surface area (Å²) < 4.78 is 15.7. The van der Waals surface area contributed by atoms with Crippen LogP contribution in [0.1, 0.15) is 42.5 Å². The summed E-state index contributed by atoms with van der Waals surface area (Å²) in [5.74, 6) is 0.151. The smallest absolute Gasteiger partial charge is 0.220 e. The van der Waals surface area contributed by atoms with Crippen LogP contribution in [0.4, 0.5) is 4.39 Å². The Kier molecular flexibility index (Phi) is 4.46. The standard InChI is InChI=1S/C18H22FN3O/c1-12-6-8-14-15(4-3-5-16(14)19)18(12)21-17(23)9-7-13-10-20-22(2)11-13/h3-5,10-12,18H,6-9H2,1-2H3,(H,21,23). The Balaban J connectivity index is 1.67. The minimum Gasteiger partial charge on any atom is -0.349 e. The van der Waals surface area contributed by atoms with Crippen molar-refractivity contribution in [1.82, 2.24) is 15.1 Å². The van der Waals surface area contributed by atoms with Crippen LogP contribution < -0.4 is 5.32 Å². The number of rotatable bonds is 4. The molecule has 4 nitrogen and oxygen atoms in total. The fourth-order valence-electron chi connectivity index (χ4n) is 3.30. The molecular weight excluding hydrogens is 293 g/mol. The van der Waals surface area contributed by atoms with Crippen LogP contribution >= 0.6 is 0 Å². The van der Waals surface area contributed by atoms with Gasteiger partial charge in [-0.25, -0.2) is 4.39 Å². The molecule has 1 heterocycles. The first kappa shape index (κ1) is 15.7. The Hall–Kier alpha value is -2.17. The van der Waals surface area contributed by atoms with Crippen LogP contribution in [0.15, 0.2) is 30.6 Å². The van der Waals surface area contributed by atoms with Crippen LogP contribution in [0.5, 0.6) is 0 Å². The molecular formula is C18H22FN3O. The van der Waals surface area contributed by atoms with Crippen LogP contribution in [-0.2, 0) is 24.7 Å². The van der Waals surface area contributed by atoms with Gasteiger partial charge in [-0.1, -0.05) is 19.1 Å². The molecule has 2 atom stereocenters. The summed E-state index contributed by atoms with van der Waals surface area (Å²) in [6, 6.07) is 5.05. The third kappa shape index (κ3) is 3.44. The average Bonchev–Trinajstić information content (AvgIpc) is 2.94. The second-order valence-electron chi connectivity index (χ2n) is 6.39. The molecule has 0 bridgehead atoms. The van der Waals surface area contributed by atoms with Crippen LogP contribution in [-0.4, -0.2) is 15.7 Å². The first-order valence-electron chi connectivity index (χ1n) is 8.09. The van der Waals surface area contributed by atoms with Crippen LogP contribution in [0.2, 0.25) is 0 Å². The van der Waals surface area contributed by atoms with Gasteiger partial charge in [0.1, 0.15) is 5.82 Å². The van der Waals surface area contributed by atoms with E-state index in [1.54, 1.807) is 16.9 Å². The van der Waals surface area contributed by atoms with E-state index in [9.17, 15) is 9.18 Å². The number of nitrogens with zero attached hydrogens (tertiary/aromatic N) is 2. The van der Waals surface area contributed by atoms with Gasteiger partial charge in [-0.3, -0.25) is 9.48 Å². The van der Waals surface area contributed by atoms with Gasteiger partial charge in [-0.05, 0) is 47.9 Å². The highest BCUT2D eigenvalue weighted by Gasteiger charge is 2.29. The molecule has 0 radical (unpaired) electrons. The largest absolute Gasteiger partial charge is 0.349 e. The zero-order chi connectivity index (χ0) is 16.4. The van der Waals surface area contributed by atoms with Gasteiger partial charge in [-0.2, -0.15) is 5.10 Å². The molecule has 1 aliphatic rings. The number of halogens is 1. The number of hydrogen-bond acceptors (Lipinski definition) is 2. The maximum Gasteiger partial charge on any atom is 0.220 e. The van der Waals surface area contributed by atoms with E-state index in [0.29, 0.717) is 18.8 Å². The van der Waals surface area contributed by atoms with Crippen molar-refractivity contribution in [2.75, 3.05) is 0 Å². The van der Waals surface area contributed by atoms with Gasteiger partial charge in [0.15, 0.2) is 0 Å². The van der Waals surface area contributed by atoms with Crippen molar-refractivity contribution in [2.24, 2.45) is 13.0 Å². The monoisotopic (exact) mass is 315 g/mol. The zero-order valence-corrected chi connectivity index (χ0v) is 13.6. The minimum absolute atomic E-state index is 0.00261. The van der Waals surface area contributed by atoms with Gasteiger partial charge in [0, 0.05) is 19.7 Å². The van der Waals surface area contributed by atoms with E-state index in [1.165, 1.54) is 6.07 Å². The predicted molar refractivity (Wildman–Crippen MR) is 86.3 cm³/mol. The summed E-state index contributed by atoms with van der Waals surface area (Å²) in [6.07, 6.45) is 6.41. The maximum absolute atomic E-state index is 14.0. The number of nitrogens with one attached hydrogen (secondary N) is 1. The number of hydrogen-bond donors (Lipinski definition) is 1. The topological polar surface area (TPSA) is 46.9 Å². The lowest BCUT2D eigenvalue weighted by Gasteiger charge is -2.32. The number of fused-ring (bicyclic) bond motifs is 1. The second-order valence-corrected chi connectivity index (χ2v) is 6.39. The first-order valence-corrected chi connectivity index (χ1v) is 8.09. The molecule has 3 rings (SSSR count). The van der Waals surface area contributed by atoms with Gasteiger partial charge < -0.3 is 5.32 Å². The Morgan fingerprint density at radius 3 is 3.04 bits per heavy atom. The lowest BCUT2D eigenvalue weighted by molar-refractivity contribution is -0.122. The van der Waals surface area contributed by atoms with Gasteiger partial charge >= 0.3 is 0 Å². The third-order valence-electron chi connectivity index (χ3n) is 4.62. The summed E-state index contributed by atoms with van der Waals surface area (Å²) in [5, 5.41) is 7.20. The highest BCUT2D eigenvalue weighted by atomic mass is 19.1. The normalized spacial score (nSPS) is 20.1. The molecule has 1 N–H and O–H groups in total. The number of carbonyl (C=O) groups excluding carboxylic acids is 1. The van der Waals surface area contributed by atoms with E-state index >= 15 is 0 Å². The average molecular weight is 315 g/mol. The first-order chi connectivity index (χ1) is 11.0. The fraction of sp³-hybridized carbons (Fsp3) is 0.444. The van der Waals surface area contributed by atoms with Crippen molar-refractivity contribution in [3.8, 4) is 0 Å². The van der Waals surface area contributed by atoms with Crippen molar-refractivity contribution < 1.29 is 9.18 Å². The molecule has 1 aromatic heterocycles. The number of aromatic nitrogens is 2. The van der Waals surface area contributed by atoms with E-state index in [2.05, 4.69) is 17.3 Å². The molecule has 0 aliphatic heterocycles. The summed E-state index contributed by atoms with van der Waals surface area (Å²) in [4.78, 5) is 12.3. The molecule has 122 valence electrons. The number of benzene rings is 1. The SMILES string of the molecule is CC1CCc2c(F)cccc2C1NC(=O)CCc1cnn(C)c1. The van der Waals surface area contributed by atoms with E-state index in [0.717, 1.165) is 29.5 Å². The van der Waals surface area contributed by atoms with Gasteiger partial charge in [0.05, 0.1) is 12.2 Å². The molecule has 0 fully saturated rings. The van der Waals surface area contributed by atoms with E-state index < -0.39 is 0 Å². The van der Waals surface area contributed by atoms with Crippen LogP contribution in [0.3, 0.4) is 0 Å². The molecule has 1 amide bonds. The molecule has 2 aromatic rings. The van der Waals surface area contributed by atoms with Crippen molar-refractivity contribution in [2.45, 2.75) is 38.6 Å². The summed E-state index contributed by atoms with van der Waals surface area (Å²) in [7, 11) is 1.86. The van der Waals surface area contributed by atoms with Crippen LogP contribution in [0, 0.1) is 11.7 Å². The number of amides is 1. The van der Waals surface area contributed by atoms with Gasteiger partial charge in [0.2, 0.25) is 5.91 Å². The van der Waals surface area contributed by atoms with Crippen LogP contribution in [0.25, 0.3) is 0 Å². The highest BCUT2D eigenvalue weighted by Crippen LogP contribution is 2.35. The summed E-state index contributed by atoms with van der Waals surface area (Å²) in [6.45, 7) is 2.11. The summed E-state index contributed by atoms with van der Waals surface area (Å²) >= 11 is 0. The van der Waals surface area contributed by atoms with E-state index in [4.69, 9.17) is 0 Å². The fourth-order valence-corrected chi connectivity index (χ4v) is 3.30. The molecule has 0 saturated carbocycles. The van der Waals surface area contributed by atoms with Crippen molar-refractivity contribution in [1.29, 1.82) is 0 Å². The molecule has 0 saturated heterocycles. The quantitative estimate of drug-likeness (QED) is 0.943. The Morgan fingerprint density at radius 1 is 1.48 bits per heavy atom. The molecule has 23 heavy (non-hydrogen) atoms. The predicted octanol–water partition coefficient (Wildman–Crippen LogP) is 2.93. The van der Waals surface area contributed by atoms with E-state index in [1.807, 2.05) is 19.3 Å². The van der Waals surface area contributed by atoms with Crippen molar-refractivity contribution >= 4 is 5.91 Å². The lowest BCUT2D eigenvalue weighted by Crippen LogP contribution is -2.35. The second kappa shape index (κ2) is 6.52. The van der Waals surface area contributed by atoms with Gasteiger partial charge in [0.25, 0.3) is 0 Å². The van der Waals surface area contributed by atoms with Gasteiger partial charge in [-0.15, -0.1) is 0 Å². The Morgan fingerprint density at radius 2 is 2.30 bits per heavy atom. The zero-order valence-electron chi connectivity index (χ0n) is 13.6. The lowest BCUT2D eigenvalue weighted by atomic mass is 9.80. The minimum atomic E-state index is -0.163. The summed E-state index contributed by atoms with van der Waals surface area (Å²) in [5.41, 5.74) is 2.73. The van der Waals surface area contributed by atoms with Crippen molar-refractivity contribution in [3.05, 3.63) is 53.1 Å². The molecule has 2 unspecified atom stereocenters. The third-order valence-corrected chi connectivity index (χ3v) is 4.62. The number of carbonyl (C=O) groups is 1.